The second kappa shape index (κ2) is 7.39. The van der Waals surface area contributed by atoms with Crippen LogP contribution in [-0.4, -0.2) is 28.4 Å². The summed E-state index contributed by atoms with van der Waals surface area (Å²) in [5.74, 6) is 0. The molecule has 0 saturated heterocycles. The number of rotatable bonds is 7. The lowest BCUT2D eigenvalue weighted by atomic mass is 10.2. The number of hydrogen-bond acceptors (Lipinski definition) is 0. The average molecular weight is 197 g/mol. The van der Waals surface area contributed by atoms with Gasteiger partial charge in [-0.15, -0.1) is 8.72 Å². The molecule has 2 heteroatoms. The van der Waals surface area contributed by atoms with Gasteiger partial charge in [-0.1, -0.05) is 52.2 Å². The zero-order valence-electron chi connectivity index (χ0n) is 9.45. The summed E-state index contributed by atoms with van der Waals surface area (Å²) >= 11 is 0.341. The smallest absolute Gasteiger partial charge is 0.150 e. The Balaban J connectivity index is 3.01. The van der Waals surface area contributed by atoms with Crippen LogP contribution in [0.1, 0.15) is 32.6 Å². The summed E-state index contributed by atoms with van der Waals surface area (Å²) in [6, 6.07) is 0. The molecule has 0 spiro atoms. The minimum atomic E-state index is -0.664. The highest BCUT2D eigenvalue weighted by Gasteiger charge is 2.12. The first kappa shape index (κ1) is 13.0. The first-order chi connectivity index (χ1) is 5.56. The maximum Gasteiger partial charge on any atom is 0.361 e. The summed E-state index contributed by atoms with van der Waals surface area (Å²) in [6.45, 7) is 9.81. The van der Waals surface area contributed by atoms with Crippen LogP contribution in [0.4, 0.5) is 0 Å². The normalized spacial score (nSPS) is 11.3. The lowest BCUT2D eigenvalue weighted by molar-refractivity contribution is 0.700. The van der Waals surface area contributed by atoms with Crippen LogP contribution in [0.15, 0.2) is 0 Å². The summed E-state index contributed by atoms with van der Waals surface area (Å²) in [5.41, 5.74) is 0. The molecule has 70 valence electrons. The van der Waals surface area contributed by atoms with E-state index in [-0.39, 0.29) is 0 Å². The Bertz CT molecular complexity index is 96.5. The molecule has 0 aliphatic heterocycles. The molecule has 0 aliphatic carbocycles. The molecular weight excluding hydrogens is 173 g/mol. The van der Waals surface area contributed by atoms with E-state index in [9.17, 15) is 0 Å². The minimum absolute atomic E-state index is 0.341. The maximum atomic E-state index is 2.51. The van der Waals surface area contributed by atoms with E-state index in [1.54, 1.807) is 8.72 Å². The van der Waals surface area contributed by atoms with E-state index in [1.807, 2.05) is 0 Å². The fourth-order valence-corrected chi connectivity index (χ4v) is 7.39. The van der Waals surface area contributed by atoms with Gasteiger partial charge in [-0.05, 0) is 0 Å². The van der Waals surface area contributed by atoms with Crippen molar-refractivity contribution in [3.05, 3.63) is 0 Å². The standard InChI is InChI=1S/C6H13.C4H11Si.Mg/c1-3-5-6-4-2;1-5(2,3)4;/h1,3-6H2,2H3;1H2,2-4H3;. The minimum Gasteiger partial charge on any atom is -0.150 e. The second-order valence-corrected chi connectivity index (χ2v) is 13.6. The molecule has 0 aromatic carbocycles. The topological polar surface area (TPSA) is 0 Å². The van der Waals surface area contributed by atoms with E-state index in [4.69, 9.17) is 0 Å². The van der Waals surface area contributed by atoms with Crippen LogP contribution in [-0.2, 0) is 0 Å². The van der Waals surface area contributed by atoms with Crippen LogP contribution in [0.3, 0.4) is 0 Å². The molecule has 0 aromatic rings. The van der Waals surface area contributed by atoms with E-state index >= 15 is 0 Å². The van der Waals surface area contributed by atoms with Gasteiger partial charge in [0.25, 0.3) is 0 Å². The SMILES string of the molecule is CCCCC[CH2][Mg][CH2][Si](C)(C)C. The Morgan fingerprint density at radius 2 is 1.67 bits per heavy atom. The first-order valence-corrected chi connectivity index (χ1v) is 11.3. The van der Waals surface area contributed by atoms with Crippen molar-refractivity contribution in [2.24, 2.45) is 0 Å². The zero-order chi connectivity index (χ0) is 9.45. The fourth-order valence-electron chi connectivity index (χ4n) is 1.44. The molecule has 0 heterocycles. The van der Waals surface area contributed by atoms with Crippen molar-refractivity contribution in [3.8, 4) is 0 Å². The van der Waals surface area contributed by atoms with Crippen LogP contribution in [0.2, 0.25) is 28.4 Å². The summed E-state index contributed by atoms with van der Waals surface area (Å²) in [4.78, 5) is 0. The Morgan fingerprint density at radius 3 is 2.17 bits per heavy atom. The molecule has 0 N–H and O–H groups in total. The van der Waals surface area contributed by atoms with Gasteiger partial charge in [-0.25, -0.2) is 0 Å². The van der Waals surface area contributed by atoms with Gasteiger partial charge in [-0.2, -0.15) is 0 Å². The molecular formula is C10H24MgSi. The summed E-state index contributed by atoms with van der Waals surface area (Å²) in [7, 11) is -0.664. The predicted octanol–water partition coefficient (Wildman–Crippen LogP) is 3.98. The van der Waals surface area contributed by atoms with Gasteiger partial charge >= 0.3 is 20.4 Å². The van der Waals surface area contributed by atoms with E-state index in [0.717, 1.165) is 0 Å². The Labute approximate surface area is 89.2 Å². The molecule has 0 saturated carbocycles. The molecule has 0 rings (SSSR count). The molecule has 0 aromatic heterocycles. The van der Waals surface area contributed by atoms with Gasteiger partial charge in [-0.3, -0.25) is 0 Å². The van der Waals surface area contributed by atoms with E-state index in [1.165, 1.54) is 25.7 Å². The van der Waals surface area contributed by atoms with Crippen molar-refractivity contribution in [1.82, 2.24) is 0 Å². The molecule has 0 bridgehead atoms. The Morgan fingerprint density at radius 1 is 1.00 bits per heavy atom. The highest BCUT2D eigenvalue weighted by Crippen LogP contribution is 2.09. The van der Waals surface area contributed by atoms with Gasteiger partial charge in [0.1, 0.15) is 0 Å². The molecule has 0 atom stereocenters. The third-order valence-corrected chi connectivity index (χ3v) is 10.7. The van der Waals surface area contributed by atoms with Crippen molar-refractivity contribution >= 4 is 28.4 Å². The van der Waals surface area contributed by atoms with E-state index in [2.05, 4.69) is 26.6 Å². The van der Waals surface area contributed by atoms with Gasteiger partial charge < -0.3 is 0 Å². The van der Waals surface area contributed by atoms with E-state index in [0.29, 0.717) is 20.4 Å². The van der Waals surface area contributed by atoms with Crippen LogP contribution >= 0.6 is 0 Å². The zero-order valence-corrected chi connectivity index (χ0v) is 11.9. The number of hydrogen-bond donors (Lipinski definition) is 0. The van der Waals surface area contributed by atoms with Gasteiger partial charge in [0, 0.05) is 8.07 Å². The molecule has 0 fully saturated rings. The van der Waals surface area contributed by atoms with Crippen LogP contribution in [0.25, 0.3) is 0 Å². The lowest BCUT2D eigenvalue weighted by Gasteiger charge is -2.14. The highest BCUT2D eigenvalue weighted by atomic mass is 28.3. The van der Waals surface area contributed by atoms with Gasteiger partial charge in [0.2, 0.25) is 0 Å². The maximum absolute atomic E-state index is 2.51. The molecule has 0 unspecified atom stereocenters. The molecule has 0 nitrogen and oxygen atoms in total. The highest BCUT2D eigenvalue weighted by molar-refractivity contribution is 6.83. The molecule has 0 amide bonds. The van der Waals surface area contributed by atoms with E-state index < -0.39 is 8.07 Å². The second-order valence-electron chi connectivity index (χ2n) is 5.08. The average Bonchev–Trinajstić information content (AvgIpc) is 1.94. The third-order valence-electron chi connectivity index (χ3n) is 2.28. The molecule has 12 heavy (non-hydrogen) atoms. The van der Waals surface area contributed by atoms with Gasteiger partial charge in [0.15, 0.2) is 0 Å². The molecule has 0 radical (unpaired) electrons. The first-order valence-electron chi connectivity index (χ1n) is 5.56. The van der Waals surface area contributed by atoms with Crippen molar-refractivity contribution in [3.63, 3.8) is 0 Å². The van der Waals surface area contributed by atoms with Crippen molar-refractivity contribution in [2.45, 2.75) is 61.0 Å². The predicted molar refractivity (Wildman–Crippen MR) is 62.9 cm³/mol. The molecule has 0 aliphatic rings. The largest absolute Gasteiger partial charge is 0.361 e. The monoisotopic (exact) mass is 196 g/mol. The summed E-state index contributed by atoms with van der Waals surface area (Å²) < 4.78 is 3.28. The van der Waals surface area contributed by atoms with Crippen molar-refractivity contribution < 1.29 is 0 Å². The van der Waals surface area contributed by atoms with Crippen molar-refractivity contribution in [2.75, 3.05) is 0 Å². The lowest BCUT2D eigenvalue weighted by Crippen LogP contribution is -2.21. The summed E-state index contributed by atoms with van der Waals surface area (Å²) in [6.07, 6.45) is 5.87. The quantitative estimate of drug-likeness (QED) is 0.427. The van der Waals surface area contributed by atoms with Crippen LogP contribution in [0.5, 0.6) is 0 Å². The third kappa shape index (κ3) is 11.0. The summed E-state index contributed by atoms with van der Waals surface area (Å²) in [5, 5.41) is 0. The fraction of sp³-hybridized carbons (Fsp3) is 1.00. The Hall–Kier alpha value is 0.983. The van der Waals surface area contributed by atoms with Crippen molar-refractivity contribution in [1.29, 1.82) is 0 Å². The van der Waals surface area contributed by atoms with Crippen LogP contribution < -0.4 is 0 Å². The van der Waals surface area contributed by atoms with Crippen LogP contribution in [0, 0.1) is 0 Å². The number of unbranched alkanes of at least 4 members (excludes halogenated alkanes) is 3. The van der Waals surface area contributed by atoms with Gasteiger partial charge in [0.05, 0.1) is 0 Å². The Kier molecular flexibility index (Phi) is 8.00.